The van der Waals surface area contributed by atoms with Crippen LogP contribution in [0.1, 0.15) is 10.5 Å². The normalized spacial score (nSPS) is 11.2. The van der Waals surface area contributed by atoms with Crippen LogP contribution in [0.2, 0.25) is 0 Å². The summed E-state index contributed by atoms with van der Waals surface area (Å²) in [5.41, 5.74) is 0.535. The van der Waals surface area contributed by atoms with Crippen LogP contribution in [0.4, 0.5) is 10.1 Å². The van der Waals surface area contributed by atoms with E-state index >= 15 is 0 Å². The molecule has 0 atom stereocenters. The van der Waals surface area contributed by atoms with Crippen molar-refractivity contribution in [3.63, 3.8) is 0 Å². The number of amides is 1. The maximum atomic E-state index is 12.8. The first-order valence-electron chi connectivity index (χ1n) is 5.81. The number of benzene rings is 1. The van der Waals surface area contributed by atoms with E-state index in [2.05, 4.69) is 4.98 Å². The second-order valence-electron chi connectivity index (χ2n) is 4.26. The predicted molar refractivity (Wildman–Crippen MR) is 74.7 cm³/mol. The zero-order valence-electron chi connectivity index (χ0n) is 11.0. The van der Waals surface area contributed by atoms with Crippen LogP contribution in [0.15, 0.2) is 47.5 Å². The van der Waals surface area contributed by atoms with Gasteiger partial charge < -0.3 is 4.90 Å². The number of carbonyl (C=O) groups excluding carboxylic acids is 1. The average molecular weight is 309 g/mol. The van der Waals surface area contributed by atoms with E-state index < -0.39 is 21.7 Å². The highest BCUT2D eigenvalue weighted by Gasteiger charge is 2.16. The first-order valence-corrected chi connectivity index (χ1v) is 7.36. The lowest BCUT2D eigenvalue weighted by molar-refractivity contribution is 0.0988. The molecule has 1 heterocycles. The minimum absolute atomic E-state index is 0.0491. The number of rotatable bonds is 3. The molecule has 6 nitrogen and oxygen atoms in total. The second kappa shape index (κ2) is 5.58. The number of nitrogens with zero attached hydrogens (tertiary/aromatic N) is 2. The summed E-state index contributed by atoms with van der Waals surface area (Å²) in [7, 11) is -2.28. The first kappa shape index (κ1) is 15.1. The highest BCUT2D eigenvalue weighted by molar-refractivity contribution is 7.89. The smallest absolute Gasteiger partial charge is 0.276 e. The van der Waals surface area contributed by atoms with Gasteiger partial charge in [-0.3, -0.25) is 4.79 Å². The number of hydrogen-bond acceptors (Lipinski definition) is 4. The molecule has 0 aliphatic heterocycles. The highest BCUT2D eigenvalue weighted by Crippen LogP contribution is 2.17. The topological polar surface area (TPSA) is 93.4 Å². The van der Waals surface area contributed by atoms with Crippen LogP contribution in [0, 0.1) is 5.82 Å². The van der Waals surface area contributed by atoms with Gasteiger partial charge >= 0.3 is 0 Å². The Labute approximate surface area is 121 Å². The van der Waals surface area contributed by atoms with Crippen molar-refractivity contribution in [1.29, 1.82) is 0 Å². The lowest BCUT2D eigenvalue weighted by Gasteiger charge is -2.17. The molecule has 0 aliphatic carbocycles. The Morgan fingerprint density at radius 1 is 1.19 bits per heavy atom. The molecular formula is C13H12FN3O3S. The van der Waals surface area contributed by atoms with Crippen LogP contribution >= 0.6 is 0 Å². The fraction of sp³-hybridized carbons (Fsp3) is 0.0769. The summed E-state index contributed by atoms with van der Waals surface area (Å²) in [5, 5.41) is 4.99. The molecule has 0 fully saturated rings. The van der Waals surface area contributed by atoms with E-state index in [0.717, 1.165) is 12.3 Å². The van der Waals surface area contributed by atoms with E-state index in [-0.39, 0.29) is 10.6 Å². The van der Waals surface area contributed by atoms with Gasteiger partial charge in [-0.05, 0) is 36.4 Å². The second-order valence-corrected chi connectivity index (χ2v) is 5.83. The number of carbonyl (C=O) groups is 1. The van der Waals surface area contributed by atoms with Crippen molar-refractivity contribution in [2.75, 3.05) is 11.9 Å². The molecular weight excluding hydrogens is 297 g/mol. The highest BCUT2D eigenvalue weighted by atomic mass is 32.2. The van der Waals surface area contributed by atoms with E-state index in [1.165, 1.54) is 42.3 Å². The maximum Gasteiger partial charge on any atom is 0.276 e. The molecule has 0 saturated heterocycles. The molecule has 1 amide bonds. The number of halogens is 1. The van der Waals surface area contributed by atoms with E-state index in [4.69, 9.17) is 5.14 Å². The van der Waals surface area contributed by atoms with Crippen molar-refractivity contribution >= 4 is 21.6 Å². The van der Waals surface area contributed by atoms with Crippen molar-refractivity contribution in [2.24, 2.45) is 5.14 Å². The third-order valence-corrected chi connectivity index (χ3v) is 3.73. The van der Waals surface area contributed by atoms with Crippen LogP contribution in [0.25, 0.3) is 0 Å². The quantitative estimate of drug-likeness (QED) is 0.920. The summed E-state index contributed by atoms with van der Waals surface area (Å²) in [4.78, 5) is 17.1. The SMILES string of the molecule is CN(C(=O)c1ccc(F)cn1)c1ccc(S(N)(=O)=O)cc1. The lowest BCUT2D eigenvalue weighted by atomic mass is 10.2. The van der Waals surface area contributed by atoms with Gasteiger partial charge in [0.05, 0.1) is 11.1 Å². The zero-order chi connectivity index (χ0) is 15.6. The summed E-state index contributed by atoms with van der Waals surface area (Å²) in [6.07, 6.45) is 0.950. The summed E-state index contributed by atoms with van der Waals surface area (Å²) in [5.74, 6) is -0.981. The van der Waals surface area contributed by atoms with E-state index in [1.54, 1.807) is 0 Å². The van der Waals surface area contributed by atoms with Crippen LogP contribution in [-0.2, 0) is 10.0 Å². The lowest BCUT2D eigenvalue weighted by Crippen LogP contribution is -2.27. The number of pyridine rings is 1. The molecule has 0 aliphatic rings. The van der Waals surface area contributed by atoms with Crippen molar-refractivity contribution < 1.29 is 17.6 Å². The molecule has 0 spiro atoms. The van der Waals surface area contributed by atoms with Crippen molar-refractivity contribution in [3.05, 3.63) is 54.1 Å². The fourth-order valence-electron chi connectivity index (χ4n) is 1.65. The molecule has 1 aromatic carbocycles. The Bertz CT molecular complexity index is 758. The third-order valence-electron chi connectivity index (χ3n) is 2.80. The molecule has 2 aromatic rings. The van der Waals surface area contributed by atoms with Crippen molar-refractivity contribution in [3.8, 4) is 0 Å². The van der Waals surface area contributed by atoms with Crippen molar-refractivity contribution in [1.82, 2.24) is 4.98 Å². The Hall–Kier alpha value is -2.32. The molecule has 0 radical (unpaired) electrons. The third kappa shape index (κ3) is 3.41. The van der Waals surface area contributed by atoms with Crippen LogP contribution < -0.4 is 10.0 Å². The summed E-state index contributed by atoms with van der Waals surface area (Å²) in [6, 6.07) is 7.90. The van der Waals surface area contributed by atoms with Gasteiger partial charge in [-0.1, -0.05) is 0 Å². The van der Waals surface area contributed by atoms with Crippen LogP contribution in [-0.4, -0.2) is 26.4 Å². The fourth-order valence-corrected chi connectivity index (χ4v) is 2.17. The zero-order valence-corrected chi connectivity index (χ0v) is 11.8. The van der Waals surface area contributed by atoms with Gasteiger partial charge in [0.15, 0.2) is 0 Å². The van der Waals surface area contributed by atoms with Gasteiger partial charge in [-0.25, -0.2) is 22.9 Å². The van der Waals surface area contributed by atoms with Crippen LogP contribution in [0.3, 0.4) is 0 Å². The van der Waals surface area contributed by atoms with Gasteiger partial charge in [0, 0.05) is 12.7 Å². The summed E-state index contributed by atoms with van der Waals surface area (Å²) < 4.78 is 35.1. The predicted octanol–water partition coefficient (Wildman–Crippen LogP) is 1.14. The molecule has 1 aromatic heterocycles. The van der Waals surface area contributed by atoms with E-state index in [0.29, 0.717) is 5.69 Å². The molecule has 8 heteroatoms. The number of nitrogens with two attached hydrogens (primary N) is 1. The maximum absolute atomic E-state index is 12.8. The Morgan fingerprint density at radius 2 is 1.81 bits per heavy atom. The van der Waals surface area contributed by atoms with Crippen LogP contribution in [0.5, 0.6) is 0 Å². The minimum Gasteiger partial charge on any atom is -0.310 e. The molecule has 110 valence electrons. The van der Waals surface area contributed by atoms with Gasteiger partial charge in [0.2, 0.25) is 10.0 Å². The van der Waals surface area contributed by atoms with Gasteiger partial charge in [0.25, 0.3) is 5.91 Å². The number of sulfonamides is 1. The largest absolute Gasteiger partial charge is 0.310 e. The molecule has 21 heavy (non-hydrogen) atoms. The molecule has 0 bridgehead atoms. The minimum atomic E-state index is -3.78. The van der Waals surface area contributed by atoms with E-state index in [1.807, 2.05) is 0 Å². The average Bonchev–Trinajstić information content (AvgIpc) is 2.46. The number of primary sulfonamides is 1. The number of hydrogen-bond donors (Lipinski definition) is 1. The molecule has 2 rings (SSSR count). The van der Waals surface area contributed by atoms with Gasteiger partial charge in [-0.15, -0.1) is 0 Å². The van der Waals surface area contributed by atoms with Gasteiger partial charge in [-0.2, -0.15) is 0 Å². The number of anilines is 1. The Morgan fingerprint density at radius 3 is 2.29 bits per heavy atom. The van der Waals surface area contributed by atoms with E-state index in [9.17, 15) is 17.6 Å². The molecule has 2 N–H and O–H groups in total. The van der Waals surface area contributed by atoms with Crippen molar-refractivity contribution in [2.45, 2.75) is 4.90 Å². The van der Waals surface area contributed by atoms with Gasteiger partial charge in [0.1, 0.15) is 11.5 Å². The summed E-state index contributed by atoms with van der Waals surface area (Å²) in [6.45, 7) is 0. The Balaban J connectivity index is 2.25. The number of aromatic nitrogens is 1. The Kier molecular flexibility index (Phi) is 4.01. The summed E-state index contributed by atoms with van der Waals surface area (Å²) >= 11 is 0. The standard InChI is InChI=1S/C13H12FN3O3S/c1-17(13(18)12-7-2-9(14)8-16-12)10-3-5-11(6-4-10)21(15,19)20/h2-8H,1H3,(H2,15,19,20). The first-order chi connectivity index (χ1) is 9.79. The monoisotopic (exact) mass is 309 g/mol. The molecule has 0 saturated carbocycles. The molecule has 0 unspecified atom stereocenters.